The number of alkyl halides is 3. The highest BCUT2D eigenvalue weighted by Gasteiger charge is 2.33. The summed E-state index contributed by atoms with van der Waals surface area (Å²) in [5.41, 5.74) is 0.0877. The highest BCUT2D eigenvalue weighted by atomic mass is 127. The van der Waals surface area contributed by atoms with Gasteiger partial charge >= 0.3 is 6.36 Å². The predicted octanol–water partition coefficient (Wildman–Crippen LogP) is 2.60. The van der Waals surface area contributed by atoms with Crippen molar-refractivity contribution < 1.29 is 23.0 Å². The van der Waals surface area contributed by atoms with E-state index in [0.29, 0.717) is 0 Å². The lowest BCUT2D eigenvalue weighted by Gasteiger charge is -2.10. The zero-order valence-electron chi connectivity index (χ0n) is 6.89. The molecule has 0 amide bonds. The van der Waals surface area contributed by atoms with Crippen LogP contribution in [0.1, 0.15) is 5.69 Å². The van der Waals surface area contributed by atoms with Crippen molar-refractivity contribution in [3.63, 3.8) is 0 Å². The van der Waals surface area contributed by atoms with Crippen LogP contribution in [0.4, 0.5) is 13.2 Å². The molecule has 3 nitrogen and oxygen atoms in total. The number of ether oxygens (including phenoxy) is 1. The average Bonchev–Trinajstić information content (AvgIpc) is 1.97. The maximum absolute atomic E-state index is 11.8. The van der Waals surface area contributed by atoms with Crippen molar-refractivity contribution >= 4 is 22.6 Å². The number of hydrogen-bond donors (Lipinski definition) is 1. The number of halogens is 4. The number of aryl methyl sites for hydroxylation is 1. The third-order valence-electron chi connectivity index (χ3n) is 1.32. The minimum Gasteiger partial charge on any atom is -0.506 e. The SMILES string of the molecule is Cc1nc(OC(F)(F)F)c(I)cc1O. The first kappa shape index (κ1) is 11.3. The summed E-state index contributed by atoms with van der Waals surface area (Å²) in [4.78, 5) is 3.46. The van der Waals surface area contributed by atoms with Crippen LogP contribution in [0.5, 0.6) is 11.6 Å². The van der Waals surface area contributed by atoms with Gasteiger partial charge in [0.05, 0.1) is 9.26 Å². The van der Waals surface area contributed by atoms with Crippen LogP contribution in [0.2, 0.25) is 0 Å². The summed E-state index contributed by atoms with van der Waals surface area (Å²) in [5, 5.41) is 9.12. The standard InChI is InChI=1S/C7H5F3INO2/c1-3-5(13)2-4(11)6(12-3)14-7(8,9)10/h2,13H,1H3. The molecule has 0 saturated carbocycles. The molecule has 0 aromatic carbocycles. The molecular weight excluding hydrogens is 314 g/mol. The Bertz CT molecular complexity index is 354. The zero-order valence-corrected chi connectivity index (χ0v) is 9.05. The molecule has 0 spiro atoms. The van der Waals surface area contributed by atoms with Gasteiger partial charge in [0.2, 0.25) is 5.88 Å². The molecule has 1 aromatic heterocycles. The molecule has 1 rings (SSSR count). The Morgan fingerprint density at radius 3 is 2.57 bits per heavy atom. The number of aromatic hydroxyl groups is 1. The smallest absolute Gasteiger partial charge is 0.506 e. The minimum atomic E-state index is -4.77. The lowest BCUT2D eigenvalue weighted by molar-refractivity contribution is -0.276. The van der Waals surface area contributed by atoms with Gasteiger partial charge in [0, 0.05) is 6.07 Å². The first-order valence-corrected chi connectivity index (χ1v) is 4.49. The maximum Gasteiger partial charge on any atom is 0.574 e. The average molecular weight is 319 g/mol. The summed E-state index contributed by atoms with van der Waals surface area (Å²) in [5.74, 6) is -0.711. The van der Waals surface area contributed by atoms with E-state index in [4.69, 9.17) is 5.11 Å². The lowest BCUT2D eigenvalue weighted by atomic mass is 10.3. The number of pyridine rings is 1. The van der Waals surface area contributed by atoms with E-state index in [1.807, 2.05) is 0 Å². The van der Waals surface area contributed by atoms with Crippen molar-refractivity contribution in [2.45, 2.75) is 13.3 Å². The third-order valence-corrected chi connectivity index (χ3v) is 2.09. The van der Waals surface area contributed by atoms with E-state index in [-0.39, 0.29) is 15.0 Å². The molecule has 14 heavy (non-hydrogen) atoms. The van der Waals surface area contributed by atoms with E-state index in [9.17, 15) is 13.2 Å². The Balaban J connectivity index is 3.04. The van der Waals surface area contributed by atoms with E-state index >= 15 is 0 Å². The van der Waals surface area contributed by atoms with Gasteiger partial charge < -0.3 is 9.84 Å². The molecule has 1 aromatic rings. The second-order valence-corrected chi connectivity index (χ2v) is 3.59. The molecule has 0 unspecified atom stereocenters. The van der Waals surface area contributed by atoms with Crippen molar-refractivity contribution in [3.05, 3.63) is 15.3 Å². The molecule has 0 saturated heterocycles. The van der Waals surface area contributed by atoms with Gasteiger partial charge in [-0.3, -0.25) is 0 Å². The summed E-state index contributed by atoms with van der Waals surface area (Å²) in [6, 6.07) is 1.16. The highest BCUT2D eigenvalue weighted by molar-refractivity contribution is 14.1. The van der Waals surface area contributed by atoms with Crippen LogP contribution in [-0.2, 0) is 0 Å². The van der Waals surface area contributed by atoms with Gasteiger partial charge in [0.25, 0.3) is 0 Å². The first-order chi connectivity index (χ1) is 6.29. The van der Waals surface area contributed by atoms with Gasteiger partial charge in [-0.15, -0.1) is 13.2 Å². The molecular formula is C7H5F3INO2. The van der Waals surface area contributed by atoms with Gasteiger partial charge in [0.1, 0.15) is 5.75 Å². The second kappa shape index (κ2) is 3.79. The van der Waals surface area contributed by atoms with Crippen molar-refractivity contribution in [2.24, 2.45) is 0 Å². The Hall–Kier alpha value is -0.730. The van der Waals surface area contributed by atoms with E-state index in [2.05, 4.69) is 9.72 Å². The third kappa shape index (κ3) is 2.89. The van der Waals surface area contributed by atoms with Crippen LogP contribution in [0.3, 0.4) is 0 Å². The highest BCUT2D eigenvalue weighted by Crippen LogP contribution is 2.29. The van der Waals surface area contributed by atoms with Crippen LogP contribution in [-0.4, -0.2) is 16.5 Å². The topological polar surface area (TPSA) is 42.4 Å². The first-order valence-electron chi connectivity index (χ1n) is 3.41. The van der Waals surface area contributed by atoms with Crippen molar-refractivity contribution in [3.8, 4) is 11.6 Å². The molecule has 0 radical (unpaired) electrons. The fourth-order valence-corrected chi connectivity index (χ4v) is 1.26. The van der Waals surface area contributed by atoms with Crippen molar-refractivity contribution in [1.82, 2.24) is 4.98 Å². The van der Waals surface area contributed by atoms with Gasteiger partial charge in [-0.25, -0.2) is 4.98 Å². The molecule has 0 atom stereocenters. The summed E-state index contributed by atoms with van der Waals surface area (Å²) < 4.78 is 39.2. The summed E-state index contributed by atoms with van der Waals surface area (Å²) in [6.45, 7) is 1.38. The Kier molecular flexibility index (Phi) is 3.07. The molecule has 7 heteroatoms. The van der Waals surface area contributed by atoms with Crippen LogP contribution < -0.4 is 4.74 Å². The molecule has 0 aliphatic heterocycles. The van der Waals surface area contributed by atoms with E-state index in [0.717, 1.165) is 6.07 Å². The van der Waals surface area contributed by atoms with Gasteiger partial charge in [-0.2, -0.15) is 0 Å². The monoisotopic (exact) mass is 319 g/mol. The van der Waals surface area contributed by atoms with Crippen LogP contribution in [0.25, 0.3) is 0 Å². The van der Waals surface area contributed by atoms with Gasteiger partial charge in [0.15, 0.2) is 0 Å². The van der Waals surface area contributed by atoms with Crippen LogP contribution in [0.15, 0.2) is 6.07 Å². The van der Waals surface area contributed by atoms with Crippen LogP contribution in [0, 0.1) is 10.5 Å². The summed E-state index contributed by atoms with van der Waals surface area (Å²) in [6.07, 6.45) is -4.77. The number of aromatic nitrogens is 1. The quantitative estimate of drug-likeness (QED) is 0.809. The molecule has 0 bridgehead atoms. The van der Waals surface area contributed by atoms with E-state index in [1.165, 1.54) is 6.92 Å². The predicted molar refractivity (Wildman–Crippen MR) is 50.0 cm³/mol. The molecule has 1 N–H and O–H groups in total. The Morgan fingerprint density at radius 2 is 2.07 bits per heavy atom. The normalized spacial score (nSPS) is 11.5. The summed E-state index contributed by atoms with van der Waals surface area (Å²) in [7, 11) is 0. The summed E-state index contributed by atoms with van der Waals surface area (Å²) >= 11 is 1.60. The fourth-order valence-electron chi connectivity index (χ4n) is 0.730. The molecule has 1 heterocycles. The van der Waals surface area contributed by atoms with E-state index in [1.54, 1.807) is 22.6 Å². The fraction of sp³-hybridized carbons (Fsp3) is 0.286. The lowest BCUT2D eigenvalue weighted by Crippen LogP contribution is -2.18. The van der Waals surface area contributed by atoms with Crippen molar-refractivity contribution in [1.29, 1.82) is 0 Å². The number of hydrogen-bond acceptors (Lipinski definition) is 3. The minimum absolute atomic E-state index is 0.0877. The molecule has 0 aliphatic carbocycles. The molecule has 0 aliphatic rings. The van der Waals surface area contributed by atoms with Gasteiger partial charge in [-0.1, -0.05) is 0 Å². The maximum atomic E-state index is 11.8. The Labute approximate surface area is 91.0 Å². The second-order valence-electron chi connectivity index (χ2n) is 2.43. The van der Waals surface area contributed by atoms with Crippen molar-refractivity contribution in [2.75, 3.05) is 0 Å². The number of rotatable bonds is 1. The molecule has 0 fully saturated rings. The van der Waals surface area contributed by atoms with Gasteiger partial charge in [-0.05, 0) is 29.5 Å². The van der Waals surface area contributed by atoms with E-state index < -0.39 is 12.2 Å². The molecule has 78 valence electrons. The Morgan fingerprint density at radius 1 is 1.50 bits per heavy atom. The van der Waals surface area contributed by atoms with Crippen LogP contribution >= 0.6 is 22.6 Å². The zero-order chi connectivity index (χ0) is 10.9. The largest absolute Gasteiger partial charge is 0.574 e. The number of nitrogens with zero attached hydrogens (tertiary/aromatic N) is 1.